The molecular formula is C15H22ClNO3. The third-order valence-corrected chi connectivity index (χ3v) is 3.34. The van der Waals surface area contributed by atoms with Gasteiger partial charge >= 0.3 is 0 Å². The van der Waals surface area contributed by atoms with Crippen molar-refractivity contribution in [3.05, 3.63) is 28.8 Å². The van der Waals surface area contributed by atoms with E-state index in [2.05, 4.69) is 5.32 Å². The quantitative estimate of drug-likeness (QED) is 0.879. The smallest absolute Gasteiger partial charge is 0.255 e. The van der Waals surface area contributed by atoms with Gasteiger partial charge in [0.15, 0.2) is 0 Å². The van der Waals surface area contributed by atoms with Crippen LogP contribution in [0.4, 0.5) is 0 Å². The van der Waals surface area contributed by atoms with Crippen LogP contribution in [0.5, 0.6) is 5.75 Å². The Morgan fingerprint density at radius 1 is 1.45 bits per heavy atom. The lowest BCUT2D eigenvalue weighted by atomic mass is 9.87. The van der Waals surface area contributed by atoms with Crippen molar-refractivity contribution in [1.29, 1.82) is 0 Å². The number of amides is 1. The number of halogens is 1. The Morgan fingerprint density at radius 2 is 2.10 bits per heavy atom. The number of carbonyl (C=O) groups is 1. The van der Waals surface area contributed by atoms with Crippen molar-refractivity contribution in [3.63, 3.8) is 0 Å². The average molecular weight is 300 g/mol. The second-order valence-corrected chi connectivity index (χ2v) is 6.21. The van der Waals surface area contributed by atoms with Crippen LogP contribution in [0.3, 0.4) is 0 Å². The van der Waals surface area contributed by atoms with Gasteiger partial charge in [-0.3, -0.25) is 4.79 Å². The van der Waals surface area contributed by atoms with Crippen LogP contribution in [0.15, 0.2) is 18.2 Å². The molecule has 0 saturated heterocycles. The number of carbonyl (C=O) groups excluding carboxylic acids is 1. The number of hydrogen-bond acceptors (Lipinski definition) is 3. The van der Waals surface area contributed by atoms with Crippen molar-refractivity contribution < 1.29 is 14.6 Å². The molecule has 1 atom stereocenters. The highest BCUT2D eigenvalue weighted by molar-refractivity contribution is 6.31. The van der Waals surface area contributed by atoms with Crippen molar-refractivity contribution in [2.45, 2.75) is 33.3 Å². The average Bonchev–Trinajstić information content (AvgIpc) is 2.37. The van der Waals surface area contributed by atoms with Crippen LogP contribution in [0.1, 0.15) is 37.6 Å². The summed E-state index contributed by atoms with van der Waals surface area (Å²) in [6, 6.07) is 4.89. The summed E-state index contributed by atoms with van der Waals surface area (Å²) in [5.41, 5.74) is 0.198. The highest BCUT2D eigenvalue weighted by Crippen LogP contribution is 2.23. The third-order valence-electron chi connectivity index (χ3n) is 3.11. The molecule has 0 unspecified atom stereocenters. The van der Waals surface area contributed by atoms with Gasteiger partial charge in [-0.05, 0) is 30.0 Å². The first-order valence-corrected chi connectivity index (χ1v) is 6.93. The van der Waals surface area contributed by atoms with Crippen molar-refractivity contribution >= 4 is 17.5 Å². The molecule has 0 bridgehead atoms. The first-order chi connectivity index (χ1) is 9.25. The molecule has 0 saturated carbocycles. The number of ether oxygens (including phenoxy) is 1. The minimum Gasteiger partial charge on any atom is -0.496 e. The van der Waals surface area contributed by atoms with E-state index in [4.69, 9.17) is 16.3 Å². The van der Waals surface area contributed by atoms with Gasteiger partial charge in [-0.1, -0.05) is 32.4 Å². The van der Waals surface area contributed by atoms with E-state index in [1.54, 1.807) is 18.2 Å². The Balaban J connectivity index is 2.62. The number of methoxy groups -OCH3 is 1. The number of rotatable bonds is 5. The minimum absolute atomic E-state index is 0.196. The molecule has 0 radical (unpaired) electrons. The van der Waals surface area contributed by atoms with E-state index >= 15 is 0 Å². The summed E-state index contributed by atoms with van der Waals surface area (Å²) in [5, 5.41) is 13.2. The molecule has 1 aromatic rings. The standard InChI is InChI=1S/C15H22ClNO3/c1-15(2,3)13(18)7-8-17-14(19)11-9-10(16)5-6-12(11)20-4/h5-6,9,13,18H,7-8H2,1-4H3,(H,17,19)/t13-/m0/s1. The van der Waals surface area contributed by atoms with Crippen LogP contribution in [-0.2, 0) is 0 Å². The topological polar surface area (TPSA) is 58.6 Å². The maximum absolute atomic E-state index is 12.1. The van der Waals surface area contributed by atoms with E-state index < -0.39 is 6.10 Å². The van der Waals surface area contributed by atoms with Gasteiger partial charge < -0.3 is 15.2 Å². The fourth-order valence-electron chi connectivity index (χ4n) is 1.71. The first kappa shape index (κ1) is 16.8. The summed E-state index contributed by atoms with van der Waals surface area (Å²) < 4.78 is 5.13. The van der Waals surface area contributed by atoms with Gasteiger partial charge in [-0.2, -0.15) is 0 Å². The Morgan fingerprint density at radius 3 is 2.65 bits per heavy atom. The molecule has 1 amide bonds. The van der Waals surface area contributed by atoms with E-state index in [1.165, 1.54) is 7.11 Å². The molecule has 0 aliphatic heterocycles. The van der Waals surface area contributed by atoms with Crippen LogP contribution >= 0.6 is 11.6 Å². The van der Waals surface area contributed by atoms with Gasteiger partial charge in [-0.15, -0.1) is 0 Å². The molecule has 0 spiro atoms. The molecule has 4 nitrogen and oxygen atoms in total. The van der Waals surface area contributed by atoms with Crippen LogP contribution < -0.4 is 10.1 Å². The Labute approximate surface area is 125 Å². The van der Waals surface area contributed by atoms with E-state index in [-0.39, 0.29) is 11.3 Å². The number of aliphatic hydroxyl groups is 1. The zero-order valence-electron chi connectivity index (χ0n) is 12.4. The Bertz CT molecular complexity index is 469. The van der Waals surface area contributed by atoms with Crippen molar-refractivity contribution in [3.8, 4) is 5.75 Å². The van der Waals surface area contributed by atoms with E-state index in [1.807, 2.05) is 20.8 Å². The molecule has 0 fully saturated rings. The minimum atomic E-state index is -0.468. The molecular weight excluding hydrogens is 278 g/mol. The van der Waals surface area contributed by atoms with Gasteiger partial charge in [0.2, 0.25) is 0 Å². The molecule has 20 heavy (non-hydrogen) atoms. The largest absolute Gasteiger partial charge is 0.496 e. The highest BCUT2D eigenvalue weighted by Gasteiger charge is 2.22. The van der Waals surface area contributed by atoms with Gasteiger partial charge in [0.25, 0.3) is 5.91 Å². The summed E-state index contributed by atoms with van der Waals surface area (Å²) in [7, 11) is 1.50. The summed E-state index contributed by atoms with van der Waals surface area (Å²) in [6.07, 6.45) is 0.0297. The van der Waals surface area contributed by atoms with Crippen LogP contribution in [0.25, 0.3) is 0 Å². The molecule has 1 rings (SSSR count). The number of aliphatic hydroxyl groups excluding tert-OH is 1. The molecule has 0 heterocycles. The zero-order valence-corrected chi connectivity index (χ0v) is 13.1. The Hall–Kier alpha value is -1.26. The van der Waals surface area contributed by atoms with E-state index in [0.717, 1.165) is 0 Å². The molecule has 112 valence electrons. The van der Waals surface area contributed by atoms with Gasteiger partial charge in [-0.25, -0.2) is 0 Å². The number of hydrogen-bond donors (Lipinski definition) is 2. The Kier molecular flexibility index (Phi) is 5.84. The van der Waals surface area contributed by atoms with Crippen molar-refractivity contribution in [2.24, 2.45) is 5.41 Å². The van der Waals surface area contributed by atoms with Crippen molar-refractivity contribution in [2.75, 3.05) is 13.7 Å². The number of nitrogens with one attached hydrogen (secondary N) is 1. The normalized spacial score (nSPS) is 12.9. The van der Waals surface area contributed by atoms with E-state index in [9.17, 15) is 9.90 Å². The molecule has 0 aliphatic rings. The lowest BCUT2D eigenvalue weighted by Crippen LogP contribution is -2.32. The summed E-state index contributed by atoms with van der Waals surface area (Å²) in [6.45, 7) is 6.27. The highest BCUT2D eigenvalue weighted by atomic mass is 35.5. The molecule has 0 aromatic heterocycles. The lowest BCUT2D eigenvalue weighted by molar-refractivity contribution is 0.0551. The number of benzene rings is 1. The van der Waals surface area contributed by atoms with Gasteiger partial charge in [0, 0.05) is 11.6 Å². The maximum atomic E-state index is 12.1. The fraction of sp³-hybridized carbons (Fsp3) is 0.533. The van der Waals surface area contributed by atoms with Crippen LogP contribution in [0, 0.1) is 5.41 Å². The molecule has 0 aliphatic carbocycles. The SMILES string of the molecule is COc1ccc(Cl)cc1C(=O)NCC[C@H](O)C(C)(C)C. The monoisotopic (exact) mass is 299 g/mol. The fourth-order valence-corrected chi connectivity index (χ4v) is 1.88. The van der Waals surface area contributed by atoms with Crippen LogP contribution in [0.2, 0.25) is 5.02 Å². The predicted molar refractivity (Wildman–Crippen MR) is 80.4 cm³/mol. The van der Waals surface area contributed by atoms with E-state index in [0.29, 0.717) is 29.3 Å². The second kappa shape index (κ2) is 6.95. The molecule has 5 heteroatoms. The second-order valence-electron chi connectivity index (χ2n) is 5.77. The van der Waals surface area contributed by atoms with Gasteiger partial charge in [0.05, 0.1) is 18.8 Å². The summed E-state index contributed by atoms with van der Waals surface area (Å²) in [4.78, 5) is 12.1. The maximum Gasteiger partial charge on any atom is 0.255 e. The third kappa shape index (κ3) is 4.69. The summed E-state index contributed by atoms with van der Waals surface area (Å²) in [5.74, 6) is 0.216. The van der Waals surface area contributed by atoms with Crippen molar-refractivity contribution in [1.82, 2.24) is 5.32 Å². The van der Waals surface area contributed by atoms with Crippen LogP contribution in [-0.4, -0.2) is 30.8 Å². The van der Waals surface area contributed by atoms with Gasteiger partial charge in [0.1, 0.15) is 5.75 Å². The summed E-state index contributed by atoms with van der Waals surface area (Å²) >= 11 is 5.89. The first-order valence-electron chi connectivity index (χ1n) is 6.55. The molecule has 1 aromatic carbocycles. The zero-order chi connectivity index (χ0) is 15.3. The lowest BCUT2D eigenvalue weighted by Gasteiger charge is -2.25. The molecule has 2 N–H and O–H groups in total. The predicted octanol–water partition coefficient (Wildman–Crippen LogP) is 2.88.